The Labute approximate surface area is 158 Å². The van der Waals surface area contributed by atoms with Crippen LogP contribution in [0.4, 0.5) is 0 Å². The molecule has 0 aliphatic carbocycles. The number of carbonyl (C=O) groups is 2. The van der Waals surface area contributed by atoms with Crippen LogP contribution in [0.1, 0.15) is 21.5 Å². The first-order valence-corrected chi connectivity index (χ1v) is 9.95. The van der Waals surface area contributed by atoms with Gasteiger partial charge in [-0.15, -0.1) is 0 Å². The summed E-state index contributed by atoms with van der Waals surface area (Å²) in [5.41, 5.74) is 2.21. The van der Waals surface area contributed by atoms with Crippen LogP contribution in [-0.4, -0.2) is 44.7 Å². The summed E-state index contributed by atoms with van der Waals surface area (Å²) in [6, 6.07) is 12.4. The van der Waals surface area contributed by atoms with Crippen molar-refractivity contribution in [3.05, 3.63) is 65.2 Å². The topological polar surface area (TPSA) is 95.6 Å². The molecule has 1 aliphatic heterocycles. The Bertz CT molecular complexity index is 971. The summed E-state index contributed by atoms with van der Waals surface area (Å²) < 4.78 is 27.7. The zero-order valence-electron chi connectivity index (χ0n) is 15.1. The summed E-state index contributed by atoms with van der Waals surface area (Å²) in [5.74, 6) is -0.649. The van der Waals surface area contributed by atoms with Crippen molar-refractivity contribution in [3.63, 3.8) is 0 Å². The Morgan fingerprint density at radius 2 is 1.59 bits per heavy atom. The molecule has 27 heavy (non-hydrogen) atoms. The molecule has 0 radical (unpaired) electrons. The minimum atomic E-state index is -3.92. The van der Waals surface area contributed by atoms with Gasteiger partial charge in [0, 0.05) is 26.2 Å². The third kappa shape index (κ3) is 3.58. The van der Waals surface area contributed by atoms with Crippen molar-refractivity contribution in [2.75, 3.05) is 14.1 Å². The Balaban J connectivity index is 2.00. The Morgan fingerprint density at radius 1 is 0.963 bits per heavy atom. The van der Waals surface area contributed by atoms with E-state index in [1.807, 2.05) is 24.3 Å². The minimum absolute atomic E-state index is 0.0448. The molecule has 1 atom stereocenters. The molecular weight excluding hydrogens is 366 g/mol. The lowest BCUT2D eigenvalue weighted by atomic mass is 9.95. The van der Waals surface area contributed by atoms with Crippen LogP contribution in [0.2, 0.25) is 0 Å². The van der Waals surface area contributed by atoms with E-state index in [9.17, 15) is 18.0 Å². The van der Waals surface area contributed by atoms with Crippen molar-refractivity contribution in [1.82, 2.24) is 14.9 Å². The quantitative estimate of drug-likeness (QED) is 0.815. The van der Waals surface area contributed by atoms with Crippen LogP contribution in [0.5, 0.6) is 0 Å². The number of amides is 2. The van der Waals surface area contributed by atoms with Crippen molar-refractivity contribution >= 4 is 21.8 Å². The van der Waals surface area contributed by atoms with Gasteiger partial charge in [-0.3, -0.25) is 9.59 Å². The third-order valence-electron chi connectivity index (χ3n) is 4.70. The molecule has 0 aromatic heterocycles. The molecule has 0 fully saturated rings. The van der Waals surface area contributed by atoms with Gasteiger partial charge in [0.25, 0.3) is 5.91 Å². The highest BCUT2D eigenvalue weighted by Crippen LogP contribution is 2.29. The largest absolute Gasteiger partial charge is 0.358 e. The van der Waals surface area contributed by atoms with Crippen LogP contribution in [0.25, 0.3) is 0 Å². The predicted octanol–water partition coefficient (Wildman–Crippen LogP) is 0.908. The second-order valence-corrected chi connectivity index (χ2v) is 8.15. The SMILES string of the molecule is CNC(=O)c1ccc(S(=O)(=O)N2Cc3ccccc3C[C@H]2C(=O)NC)cc1. The fourth-order valence-corrected chi connectivity index (χ4v) is 4.76. The number of likely N-dealkylation sites (N-methyl/N-ethyl adjacent to an activating group) is 1. The Kier molecular flexibility index (Phi) is 5.29. The minimum Gasteiger partial charge on any atom is -0.358 e. The van der Waals surface area contributed by atoms with Gasteiger partial charge < -0.3 is 10.6 Å². The highest BCUT2D eigenvalue weighted by molar-refractivity contribution is 7.89. The first-order valence-electron chi connectivity index (χ1n) is 8.51. The molecular formula is C19H21N3O4S. The Morgan fingerprint density at radius 3 is 2.19 bits per heavy atom. The van der Waals surface area contributed by atoms with Crippen molar-refractivity contribution in [1.29, 1.82) is 0 Å². The first kappa shape index (κ1) is 19.1. The van der Waals surface area contributed by atoms with Crippen LogP contribution in [-0.2, 0) is 27.8 Å². The molecule has 2 amide bonds. The molecule has 2 aromatic rings. The van der Waals surface area contributed by atoms with Gasteiger partial charge in [0.2, 0.25) is 15.9 Å². The lowest BCUT2D eigenvalue weighted by Crippen LogP contribution is -2.51. The molecule has 8 heteroatoms. The second kappa shape index (κ2) is 7.50. The van der Waals surface area contributed by atoms with Crippen LogP contribution in [0, 0.1) is 0 Å². The summed E-state index contributed by atoms with van der Waals surface area (Å²) in [4.78, 5) is 24.1. The highest BCUT2D eigenvalue weighted by Gasteiger charge is 2.39. The molecule has 2 aromatic carbocycles. The highest BCUT2D eigenvalue weighted by atomic mass is 32.2. The van der Waals surface area contributed by atoms with E-state index < -0.39 is 16.1 Å². The van der Waals surface area contributed by atoms with Gasteiger partial charge in [-0.05, 0) is 41.8 Å². The number of sulfonamides is 1. The molecule has 0 saturated heterocycles. The monoisotopic (exact) mass is 387 g/mol. The van der Waals surface area contributed by atoms with Gasteiger partial charge >= 0.3 is 0 Å². The average Bonchev–Trinajstić information content (AvgIpc) is 2.71. The normalized spacial score (nSPS) is 17.0. The van der Waals surface area contributed by atoms with Crippen LogP contribution < -0.4 is 10.6 Å². The fraction of sp³-hybridized carbons (Fsp3) is 0.263. The van der Waals surface area contributed by atoms with Gasteiger partial charge in [-0.25, -0.2) is 8.42 Å². The smallest absolute Gasteiger partial charge is 0.251 e. The molecule has 1 heterocycles. The van der Waals surface area contributed by atoms with Crippen LogP contribution >= 0.6 is 0 Å². The Hall–Kier alpha value is -2.71. The molecule has 0 unspecified atom stereocenters. The van der Waals surface area contributed by atoms with Gasteiger partial charge in [0.15, 0.2) is 0 Å². The van der Waals surface area contributed by atoms with Crippen LogP contribution in [0.15, 0.2) is 53.4 Å². The fourth-order valence-electron chi connectivity index (χ4n) is 3.20. The lowest BCUT2D eigenvalue weighted by Gasteiger charge is -2.34. The molecule has 0 spiro atoms. The van der Waals surface area contributed by atoms with E-state index in [0.29, 0.717) is 12.0 Å². The number of carbonyl (C=O) groups excluding carboxylic acids is 2. The summed E-state index contributed by atoms with van der Waals surface area (Å²) in [6.45, 7) is 0.119. The number of rotatable bonds is 4. The maximum Gasteiger partial charge on any atom is 0.251 e. The lowest BCUT2D eigenvalue weighted by molar-refractivity contribution is -0.124. The van der Waals surface area contributed by atoms with Crippen molar-refractivity contribution < 1.29 is 18.0 Å². The molecule has 1 aliphatic rings. The van der Waals surface area contributed by atoms with E-state index >= 15 is 0 Å². The molecule has 0 bridgehead atoms. The molecule has 0 saturated carbocycles. The summed E-state index contributed by atoms with van der Waals surface area (Å²) in [5, 5.41) is 5.04. The maximum atomic E-state index is 13.2. The van der Waals surface area contributed by atoms with Gasteiger partial charge in [-0.2, -0.15) is 4.31 Å². The number of benzene rings is 2. The van der Waals surface area contributed by atoms with Crippen molar-refractivity contribution in [2.45, 2.75) is 23.9 Å². The van der Waals surface area contributed by atoms with E-state index in [-0.39, 0.29) is 23.3 Å². The average molecular weight is 387 g/mol. The van der Waals surface area contributed by atoms with E-state index in [0.717, 1.165) is 11.1 Å². The van der Waals surface area contributed by atoms with Gasteiger partial charge in [0.05, 0.1) is 4.90 Å². The number of fused-ring (bicyclic) bond motifs is 1. The van der Waals surface area contributed by atoms with Gasteiger partial charge in [0.1, 0.15) is 6.04 Å². The van der Waals surface area contributed by atoms with E-state index in [2.05, 4.69) is 10.6 Å². The van der Waals surface area contributed by atoms with Crippen molar-refractivity contribution in [3.8, 4) is 0 Å². The first-order chi connectivity index (χ1) is 12.9. The number of hydrogen-bond acceptors (Lipinski definition) is 4. The van der Waals surface area contributed by atoms with Crippen molar-refractivity contribution in [2.24, 2.45) is 0 Å². The summed E-state index contributed by atoms with van der Waals surface area (Å²) >= 11 is 0. The van der Waals surface area contributed by atoms with E-state index in [4.69, 9.17) is 0 Å². The third-order valence-corrected chi connectivity index (χ3v) is 6.57. The molecule has 142 valence electrons. The standard InChI is InChI=1S/C19H21N3O4S/c1-20-18(23)13-7-9-16(10-8-13)27(25,26)22-12-15-6-4-3-5-14(15)11-17(22)19(24)21-2/h3-10,17H,11-12H2,1-2H3,(H,20,23)(H,21,24)/t17-/m0/s1. The molecule has 2 N–H and O–H groups in total. The zero-order valence-corrected chi connectivity index (χ0v) is 15.9. The summed E-state index contributed by atoms with van der Waals surface area (Å²) in [7, 11) is -0.919. The van der Waals surface area contributed by atoms with Crippen LogP contribution in [0.3, 0.4) is 0 Å². The molecule has 3 rings (SSSR count). The van der Waals surface area contributed by atoms with Gasteiger partial charge in [-0.1, -0.05) is 24.3 Å². The molecule has 7 nitrogen and oxygen atoms in total. The second-order valence-electron chi connectivity index (χ2n) is 6.26. The number of nitrogens with zero attached hydrogens (tertiary/aromatic N) is 1. The van der Waals surface area contributed by atoms with E-state index in [1.54, 1.807) is 0 Å². The van der Waals surface area contributed by atoms with E-state index in [1.165, 1.54) is 42.7 Å². The number of nitrogens with one attached hydrogen (secondary N) is 2. The number of hydrogen-bond donors (Lipinski definition) is 2. The maximum absolute atomic E-state index is 13.2. The predicted molar refractivity (Wildman–Crippen MR) is 101 cm³/mol. The summed E-state index contributed by atoms with van der Waals surface area (Å²) in [6.07, 6.45) is 0.311. The zero-order chi connectivity index (χ0) is 19.6.